The van der Waals surface area contributed by atoms with Crippen LogP contribution in [0.15, 0.2) is 60.9 Å². The summed E-state index contributed by atoms with van der Waals surface area (Å²) in [4.78, 5) is 50.6. The molecular formula is C21H20N4O4. The number of para-hydroxylation sites is 1. The van der Waals surface area contributed by atoms with E-state index in [1.165, 1.54) is 0 Å². The van der Waals surface area contributed by atoms with Crippen LogP contribution in [-0.4, -0.2) is 39.6 Å². The topological polar surface area (TPSA) is 101 Å². The first-order valence-electron chi connectivity index (χ1n) is 9.38. The largest absolute Gasteiger partial charge is 0.323 e. The van der Waals surface area contributed by atoms with Gasteiger partial charge in [-0.25, -0.2) is 0 Å². The minimum Gasteiger partial charge on any atom is -0.323 e. The monoisotopic (exact) mass is 392 g/mol. The van der Waals surface area contributed by atoms with Gasteiger partial charge in [0.2, 0.25) is 11.8 Å². The number of allylic oxidation sites excluding steroid dienone is 2. The van der Waals surface area contributed by atoms with Crippen LogP contribution in [0.4, 0.5) is 0 Å². The van der Waals surface area contributed by atoms with Gasteiger partial charge in [-0.3, -0.25) is 34.9 Å². The van der Waals surface area contributed by atoms with Gasteiger partial charge >= 0.3 is 0 Å². The fourth-order valence-corrected chi connectivity index (χ4v) is 3.79. The van der Waals surface area contributed by atoms with Crippen molar-refractivity contribution in [3.8, 4) is 5.69 Å². The number of carbonyl (C=O) groups excluding carboxylic acids is 4. The van der Waals surface area contributed by atoms with E-state index < -0.39 is 18.4 Å². The molecule has 2 aliphatic rings. The number of carbonyl (C=O) groups is 4. The smallest absolute Gasteiger partial charge is 0.271 e. The van der Waals surface area contributed by atoms with Crippen LogP contribution < -0.4 is 10.9 Å². The van der Waals surface area contributed by atoms with Gasteiger partial charge in [0.15, 0.2) is 0 Å². The van der Waals surface area contributed by atoms with Crippen molar-refractivity contribution in [2.75, 3.05) is 6.54 Å². The van der Waals surface area contributed by atoms with Crippen LogP contribution in [0.25, 0.3) is 5.69 Å². The maximum absolute atomic E-state index is 12.5. The average molecular weight is 392 g/mol. The number of amides is 4. The molecule has 0 radical (unpaired) electrons. The molecule has 0 spiro atoms. The lowest BCUT2D eigenvalue weighted by molar-refractivity contribution is -0.143. The molecule has 8 nitrogen and oxygen atoms in total. The number of nitrogens with zero attached hydrogens (tertiary/aromatic N) is 2. The van der Waals surface area contributed by atoms with Crippen molar-refractivity contribution in [1.82, 2.24) is 20.3 Å². The second-order valence-electron chi connectivity index (χ2n) is 7.03. The highest BCUT2D eigenvalue weighted by Gasteiger charge is 2.47. The zero-order valence-electron chi connectivity index (χ0n) is 15.6. The van der Waals surface area contributed by atoms with Crippen LogP contribution in [0.3, 0.4) is 0 Å². The summed E-state index contributed by atoms with van der Waals surface area (Å²) in [6, 6.07) is 10.6. The number of aromatic nitrogens is 1. The van der Waals surface area contributed by atoms with Crippen LogP contribution in [0, 0.1) is 11.8 Å². The molecule has 2 atom stereocenters. The Labute approximate surface area is 167 Å². The molecule has 8 heteroatoms. The molecule has 148 valence electrons. The van der Waals surface area contributed by atoms with Crippen LogP contribution in [0.1, 0.15) is 23.2 Å². The number of benzene rings is 1. The zero-order chi connectivity index (χ0) is 20.4. The van der Waals surface area contributed by atoms with E-state index in [9.17, 15) is 19.2 Å². The van der Waals surface area contributed by atoms with E-state index in [0.29, 0.717) is 24.1 Å². The van der Waals surface area contributed by atoms with E-state index in [4.69, 9.17) is 0 Å². The van der Waals surface area contributed by atoms with Gasteiger partial charge in [0.25, 0.3) is 11.8 Å². The predicted octanol–water partition coefficient (Wildman–Crippen LogP) is 1.19. The number of hydrogen-bond acceptors (Lipinski definition) is 4. The summed E-state index contributed by atoms with van der Waals surface area (Å²) < 4.78 is 1.79. The van der Waals surface area contributed by atoms with Gasteiger partial charge in [0.05, 0.1) is 23.1 Å². The second-order valence-corrected chi connectivity index (χ2v) is 7.03. The molecule has 4 rings (SSSR count). The first-order chi connectivity index (χ1) is 14.1. The van der Waals surface area contributed by atoms with E-state index in [-0.39, 0.29) is 23.7 Å². The number of rotatable bonds is 4. The van der Waals surface area contributed by atoms with Crippen molar-refractivity contribution in [2.45, 2.75) is 12.8 Å². The molecule has 4 amide bonds. The molecule has 1 fully saturated rings. The number of nitrogens with one attached hydrogen (secondary N) is 2. The summed E-state index contributed by atoms with van der Waals surface area (Å²) in [5.41, 5.74) is 5.68. The summed E-state index contributed by atoms with van der Waals surface area (Å²) in [6.07, 6.45) is 8.42. The standard InChI is InChI=1S/C21H20N4O4/c26-18(13-25-20(28)14-7-1-2-8-15(14)21(25)29)22-23-19(27)16-9-3-4-10-17(16)24-11-5-6-12-24/h1-6,9-12,14-15H,7-8,13H2,(H,22,26)(H,23,27)/t14-,15+. The van der Waals surface area contributed by atoms with Crippen LogP contribution in [0.2, 0.25) is 0 Å². The Morgan fingerprint density at radius 2 is 1.52 bits per heavy atom. The summed E-state index contributed by atoms with van der Waals surface area (Å²) >= 11 is 0. The van der Waals surface area contributed by atoms with Gasteiger partial charge in [-0.1, -0.05) is 24.3 Å². The Balaban J connectivity index is 1.38. The van der Waals surface area contributed by atoms with Crippen molar-refractivity contribution in [1.29, 1.82) is 0 Å². The molecule has 2 aromatic rings. The molecule has 0 saturated carbocycles. The highest BCUT2D eigenvalue weighted by Crippen LogP contribution is 2.34. The van der Waals surface area contributed by atoms with Gasteiger partial charge in [0, 0.05) is 12.4 Å². The highest BCUT2D eigenvalue weighted by atomic mass is 16.2. The Bertz CT molecular complexity index is 970. The summed E-state index contributed by atoms with van der Waals surface area (Å²) in [5.74, 6) is -2.57. The Morgan fingerprint density at radius 1 is 0.897 bits per heavy atom. The third-order valence-corrected chi connectivity index (χ3v) is 5.25. The number of hydrazine groups is 1. The lowest BCUT2D eigenvalue weighted by Gasteiger charge is -2.15. The molecule has 29 heavy (non-hydrogen) atoms. The molecule has 1 aliphatic carbocycles. The Hall–Kier alpha value is -3.68. The third kappa shape index (κ3) is 3.56. The van der Waals surface area contributed by atoms with Crippen molar-refractivity contribution >= 4 is 23.6 Å². The number of hydrogen-bond donors (Lipinski definition) is 2. The van der Waals surface area contributed by atoms with Gasteiger partial charge in [0.1, 0.15) is 6.54 Å². The van der Waals surface area contributed by atoms with E-state index in [2.05, 4.69) is 10.9 Å². The SMILES string of the molecule is O=C(CN1C(=O)[C@H]2CC=CC[C@H]2C1=O)NNC(=O)c1ccccc1-n1cccc1. The lowest BCUT2D eigenvalue weighted by Crippen LogP contribution is -2.48. The van der Waals surface area contributed by atoms with Gasteiger partial charge in [-0.2, -0.15) is 0 Å². The molecule has 0 bridgehead atoms. The number of likely N-dealkylation sites (tertiary alicyclic amines) is 1. The Kier molecular flexibility index (Phi) is 4.99. The van der Waals surface area contributed by atoms with Crippen LogP contribution >= 0.6 is 0 Å². The fraction of sp³-hybridized carbons (Fsp3) is 0.238. The molecule has 0 unspecified atom stereocenters. The Morgan fingerprint density at radius 3 is 2.17 bits per heavy atom. The number of fused-ring (bicyclic) bond motifs is 1. The van der Waals surface area contributed by atoms with Crippen molar-refractivity contribution in [3.63, 3.8) is 0 Å². The maximum atomic E-state index is 12.5. The van der Waals surface area contributed by atoms with Crippen LogP contribution in [0.5, 0.6) is 0 Å². The summed E-state index contributed by atoms with van der Waals surface area (Å²) in [7, 11) is 0. The van der Waals surface area contributed by atoms with Crippen molar-refractivity contribution in [3.05, 3.63) is 66.5 Å². The van der Waals surface area contributed by atoms with Crippen LogP contribution in [-0.2, 0) is 14.4 Å². The third-order valence-electron chi connectivity index (χ3n) is 5.25. The molecule has 1 aromatic heterocycles. The number of imide groups is 1. The maximum Gasteiger partial charge on any atom is 0.271 e. The zero-order valence-corrected chi connectivity index (χ0v) is 15.6. The molecule has 2 N–H and O–H groups in total. The predicted molar refractivity (Wildman–Crippen MR) is 103 cm³/mol. The molecule has 1 aromatic carbocycles. The van der Waals surface area contributed by atoms with E-state index in [1.54, 1.807) is 22.8 Å². The minimum atomic E-state index is -0.634. The quantitative estimate of drug-likeness (QED) is 0.464. The van der Waals surface area contributed by atoms with Crippen molar-refractivity contribution < 1.29 is 19.2 Å². The first kappa shape index (κ1) is 18.7. The van der Waals surface area contributed by atoms with Crippen molar-refractivity contribution in [2.24, 2.45) is 11.8 Å². The van der Waals surface area contributed by atoms with Gasteiger partial charge in [-0.15, -0.1) is 0 Å². The van der Waals surface area contributed by atoms with E-state index in [1.807, 2.05) is 42.7 Å². The second kappa shape index (κ2) is 7.75. The molecule has 1 aliphatic heterocycles. The first-order valence-corrected chi connectivity index (χ1v) is 9.38. The normalized spacial score (nSPS) is 20.5. The summed E-state index contributed by atoms with van der Waals surface area (Å²) in [5, 5.41) is 0. The van der Waals surface area contributed by atoms with E-state index in [0.717, 1.165) is 4.90 Å². The van der Waals surface area contributed by atoms with E-state index >= 15 is 0 Å². The average Bonchev–Trinajstić information content (AvgIpc) is 3.36. The summed E-state index contributed by atoms with van der Waals surface area (Å²) in [6.45, 7) is -0.413. The molecular weight excluding hydrogens is 372 g/mol. The van der Waals surface area contributed by atoms with Gasteiger partial charge in [-0.05, 0) is 37.1 Å². The fourth-order valence-electron chi connectivity index (χ4n) is 3.79. The molecule has 2 heterocycles. The molecule has 1 saturated heterocycles. The lowest BCUT2D eigenvalue weighted by atomic mass is 9.85. The minimum absolute atomic E-state index is 0.330. The highest BCUT2D eigenvalue weighted by molar-refractivity contribution is 6.07. The van der Waals surface area contributed by atoms with Gasteiger partial charge < -0.3 is 4.57 Å².